The molecule has 1 heterocycles. The van der Waals surface area contributed by atoms with E-state index < -0.39 is 43.0 Å². The zero-order valence-electron chi connectivity index (χ0n) is 15.8. The van der Waals surface area contributed by atoms with Crippen molar-refractivity contribution in [1.29, 1.82) is 0 Å². The molecule has 0 aromatic heterocycles. The van der Waals surface area contributed by atoms with Gasteiger partial charge in [0.1, 0.15) is 24.1 Å². The molecule has 30 heavy (non-hydrogen) atoms. The number of nitrogens with two attached hydrogens (primary N) is 1. The van der Waals surface area contributed by atoms with Gasteiger partial charge in [0.2, 0.25) is 0 Å². The highest BCUT2D eigenvalue weighted by Crippen LogP contribution is 2.35. The maximum atomic E-state index is 12.9. The Morgan fingerprint density at radius 3 is 2.30 bits per heavy atom. The number of aromatic hydroxyl groups is 1. The molecular weight excluding hydrogens is 394 g/mol. The quantitative estimate of drug-likeness (QED) is 0.377. The van der Waals surface area contributed by atoms with Crippen molar-refractivity contribution in [2.45, 2.75) is 37.3 Å². The maximum Gasteiger partial charge on any atom is 0.198 e. The van der Waals surface area contributed by atoms with Gasteiger partial charge in [-0.05, 0) is 6.07 Å². The molecule has 0 spiro atoms. The summed E-state index contributed by atoms with van der Waals surface area (Å²) in [5.41, 5.74) is 6.54. The molecule has 2 aromatic rings. The Hall–Kier alpha value is -2.66. The summed E-state index contributed by atoms with van der Waals surface area (Å²) in [5.74, 6) is -1.21. The van der Waals surface area contributed by atoms with Crippen LogP contribution in [-0.4, -0.2) is 69.2 Å². The normalized spacial score (nSPS) is 28.2. The molecule has 0 saturated carbocycles. The van der Waals surface area contributed by atoms with Crippen molar-refractivity contribution in [3.63, 3.8) is 0 Å². The lowest BCUT2D eigenvalue weighted by molar-refractivity contribution is -0.269. The number of rotatable bonds is 4. The van der Waals surface area contributed by atoms with E-state index in [2.05, 4.69) is 0 Å². The van der Waals surface area contributed by atoms with Crippen LogP contribution in [0.1, 0.15) is 37.4 Å². The molecule has 2 aromatic carbocycles. The fourth-order valence-corrected chi connectivity index (χ4v) is 3.75. The Labute approximate surface area is 171 Å². The second kappa shape index (κ2) is 7.88. The largest absolute Gasteiger partial charge is 0.507 e. The van der Waals surface area contributed by atoms with Crippen LogP contribution in [0.15, 0.2) is 36.4 Å². The Balaban J connectivity index is 1.59. The number of benzene rings is 2. The first kappa shape index (κ1) is 20.6. The lowest BCUT2D eigenvalue weighted by atomic mass is 9.83. The first-order valence-electron chi connectivity index (χ1n) is 9.38. The van der Waals surface area contributed by atoms with Crippen molar-refractivity contribution >= 4 is 11.6 Å². The van der Waals surface area contributed by atoms with Gasteiger partial charge in [-0.2, -0.15) is 0 Å². The number of ether oxygens (including phenoxy) is 2. The van der Waals surface area contributed by atoms with E-state index in [1.807, 2.05) is 0 Å². The topological polar surface area (TPSA) is 160 Å². The van der Waals surface area contributed by atoms with Crippen LogP contribution in [0.3, 0.4) is 0 Å². The molecule has 158 valence electrons. The van der Waals surface area contributed by atoms with Crippen LogP contribution in [0.2, 0.25) is 0 Å². The van der Waals surface area contributed by atoms with Crippen LogP contribution >= 0.6 is 0 Å². The van der Waals surface area contributed by atoms with E-state index in [-0.39, 0.29) is 46.0 Å². The molecule has 0 bridgehead atoms. The van der Waals surface area contributed by atoms with E-state index in [0.717, 1.165) is 0 Å². The average molecular weight is 415 g/mol. The van der Waals surface area contributed by atoms with Crippen molar-refractivity contribution in [3.05, 3.63) is 64.2 Å². The fraction of sp³-hybridized carbons (Fsp3) is 0.333. The molecule has 2 aliphatic rings. The monoisotopic (exact) mass is 415 g/mol. The molecule has 1 saturated heterocycles. The van der Waals surface area contributed by atoms with Crippen molar-refractivity contribution in [3.8, 4) is 5.75 Å². The SMILES string of the molecule is NC1C(OCc2ccc3c(c2O)C(=O)c2ccccc2C3=O)OC(CO)C(O)C1O. The molecule has 1 fully saturated rings. The Morgan fingerprint density at radius 1 is 0.967 bits per heavy atom. The number of carbonyl (C=O) groups is 2. The fourth-order valence-electron chi connectivity index (χ4n) is 3.75. The lowest BCUT2D eigenvalue weighted by Gasteiger charge is -2.40. The number of hydrogen-bond donors (Lipinski definition) is 5. The van der Waals surface area contributed by atoms with Crippen LogP contribution in [0.5, 0.6) is 5.75 Å². The van der Waals surface area contributed by atoms with Crippen LogP contribution in [0, 0.1) is 0 Å². The standard InChI is InChI=1S/C21H21NO8/c22-15-20(28)19(27)13(7-23)30-21(15)29-8-9-5-6-12-14(16(9)24)18(26)11-4-2-1-3-10(11)17(12)25/h1-6,13,15,19-21,23-24,27-28H,7-8,22H2. The highest BCUT2D eigenvalue weighted by molar-refractivity contribution is 6.29. The molecule has 0 radical (unpaired) electrons. The van der Waals surface area contributed by atoms with Crippen molar-refractivity contribution < 1.29 is 39.5 Å². The van der Waals surface area contributed by atoms with Crippen molar-refractivity contribution in [1.82, 2.24) is 0 Å². The van der Waals surface area contributed by atoms with Crippen molar-refractivity contribution in [2.24, 2.45) is 5.73 Å². The summed E-state index contributed by atoms with van der Waals surface area (Å²) in [5, 5.41) is 39.8. The molecule has 5 atom stereocenters. The molecule has 4 rings (SSSR count). The zero-order valence-corrected chi connectivity index (χ0v) is 15.8. The lowest BCUT2D eigenvalue weighted by Crippen LogP contribution is -2.62. The van der Waals surface area contributed by atoms with Gasteiger partial charge in [0.25, 0.3) is 0 Å². The smallest absolute Gasteiger partial charge is 0.198 e. The van der Waals surface area contributed by atoms with Gasteiger partial charge in [0.15, 0.2) is 17.9 Å². The minimum absolute atomic E-state index is 0.0997. The number of phenolic OH excluding ortho intramolecular Hbond substituents is 1. The number of phenols is 1. The van der Waals surface area contributed by atoms with E-state index >= 15 is 0 Å². The molecule has 6 N–H and O–H groups in total. The minimum atomic E-state index is -1.38. The highest BCUT2D eigenvalue weighted by atomic mass is 16.7. The summed E-state index contributed by atoms with van der Waals surface area (Å²) in [4.78, 5) is 25.6. The van der Waals surface area contributed by atoms with Crippen LogP contribution in [0.4, 0.5) is 0 Å². The predicted octanol–water partition coefficient (Wildman–Crippen LogP) is -0.550. The Morgan fingerprint density at radius 2 is 1.63 bits per heavy atom. The summed E-state index contributed by atoms with van der Waals surface area (Å²) < 4.78 is 10.9. The van der Waals surface area contributed by atoms with Gasteiger partial charge in [-0.3, -0.25) is 9.59 Å². The molecule has 9 nitrogen and oxygen atoms in total. The number of ketones is 2. The Bertz CT molecular complexity index is 1000. The summed E-state index contributed by atoms with van der Waals surface area (Å²) in [6, 6.07) is 8.19. The van der Waals surface area contributed by atoms with E-state index in [4.69, 9.17) is 15.2 Å². The second-order valence-corrected chi connectivity index (χ2v) is 7.29. The number of carbonyl (C=O) groups excluding carboxylic acids is 2. The van der Waals surface area contributed by atoms with Crippen LogP contribution in [-0.2, 0) is 16.1 Å². The van der Waals surface area contributed by atoms with Gasteiger partial charge in [-0.25, -0.2) is 0 Å². The number of aliphatic hydroxyl groups excluding tert-OH is 3. The molecule has 1 aliphatic carbocycles. The number of hydrogen-bond acceptors (Lipinski definition) is 9. The van der Waals surface area contributed by atoms with Gasteiger partial charge in [0.05, 0.1) is 24.8 Å². The molecule has 5 unspecified atom stereocenters. The summed E-state index contributed by atoms with van der Waals surface area (Å²) >= 11 is 0. The third-order valence-corrected chi connectivity index (χ3v) is 5.48. The summed E-state index contributed by atoms with van der Waals surface area (Å²) in [6.07, 6.45) is -5.01. The third kappa shape index (κ3) is 3.21. The van der Waals surface area contributed by atoms with E-state index in [9.17, 15) is 30.0 Å². The van der Waals surface area contributed by atoms with Crippen LogP contribution < -0.4 is 5.73 Å². The third-order valence-electron chi connectivity index (χ3n) is 5.48. The first-order valence-corrected chi connectivity index (χ1v) is 9.38. The van der Waals surface area contributed by atoms with Gasteiger partial charge in [-0.15, -0.1) is 0 Å². The van der Waals surface area contributed by atoms with Crippen LogP contribution in [0.25, 0.3) is 0 Å². The number of aliphatic hydroxyl groups is 3. The number of fused-ring (bicyclic) bond motifs is 2. The van der Waals surface area contributed by atoms with E-state index in [0.29, 0.717) is 0 Å². The molecule has 0 amide bonds. The predicted molar refractivity (Wildman–Crippen MR) is 102 cm³/mol. The first-order chi connectivity index (χ1) is 14.3. The minimum Gasteiger partial charge on any atom is -0.507 e. The van der Waals surface area contributed by atoms with Gasteiger partial charge in [-0.1, -0.05) is 30.3 Å². The maximum absolute atomic E-state index is 12.9. The van der Waals surface area contributed by atoms with Gasteiger partial charge < -0.3 is 35.6 Å². The summed E-state index contributed by atoms with van der Waals surface area (Å²) in [7, 11) is 0. The summed E-state index contributed by atoms with van der Waals surface area (Å²) in [6.45, 7) is -0.799. The second-order valence-electron chi connectivity index (χ2n) is 7.29. The molecule has 1 aliphatic heterocycles. The van der Waals surface area contributed by atoms with Crippen molar-refractivity contribution in [2.75, 3.05) is 6.61 Å². The average Bonchev–Trinajstić information content (AvgIpc) is 2.76. The van der Waals surface area contributed by atoms with E-state index in [1.165, 1.54) is 18.2 Å². The highest BCUT2D eigenvalue weighted by Gasteiger charge is 2.43. The molecule has 9 heteroatoms. The molecular formula is C21H21NO8. The van der Waals surface area contributed by atoms with E-state index in [1.54, 1.807) is 18.2 Å². The zero-order chi connectivity index (χ0) is 21.6. The van der Waals surface area contributed by atoms with Gasteiger partial charge in [0, 0.05) is 22.3 Å². The Kier molecular flexibility index (Phi) is 5.41. The van der Waals surface area contributed by atoms with Gasteiger partial charge >= 0.3 is 0 Å².